The van der Waals surface area contributed by atoms with E-state index in [9.17, 15) is 9.59 Å². The van der Waals surface area contributed by atoms with Gasteiger partial charge in [-0.2, -0.15) is 0 Å². The average molecular weight is 329 g/mol. The van der Waals surface area contributed by atoms with Crippen LogP contribution in [-0.4, -0.2) is 22.9 Å². The molecular formula is C16H15N3O3S. The van der Waals surface area contributed by atoms with Crippen LogP contribution in [0.15, 0.2) is 23.6 Å². The van der Waals surface area contributed by atoms with E-state index in [0.29, 0.717) is 16.6 Å². The highest BCUT2D eigenvalue weighted by atomic mass is 32.1. The van der Waals surface area contributed by atoms with Crippen LogP contribution in [0, 0.1) is 5.92 Å². The van der Waals surface area contributed by atoms with Crippen LogP contribution in [-0.2, 0) is 9.59 Å². The van der Waals surface area contributed by atoms with Crippen molar-refractivity contribution in [2.75, 3.05) is 10.6 Å². The molecule has 1 fully saturated rings. The molecule has 1 aliphatic heterocycles. The van der Waals surface area contributed by atoms with Gasteiger partial charge < -0.3 is 15.4 Å². The van der Waals surface area contributed by atoms with Crippen molar-refractivity contribution >= 4 is 34.0 Å². The molecule has 2 aliphatic rings. The first-order chi connectivity index (χ1) is 11.1. The first-order valence-electron chi connectivity index (χ1n) is 7.48. The number of hydrogen-bond acceptors (Lipinski definition) is 5. The molecule has 1 atom stereocenters. The first kappa shape index (κ1) is 14.2. The molecule has 4 rings (SSSR count). The van der Waals surface area contributed by atoms with Gasteiger partial charge in [0.1, 0.15) is 5.75 Å². The molecule has 0 radical (unpaired) electrons. The summed E-state index contributed by atoms with van der Waals surface area (Å²) in [5, 5.41) is 8.15. The zero-order valence-electron chi connectivity index (χ0n) is 12.5. The maximum Gasteiger partial charge on any atom is 0.265 e. The lowest BCUT2D eigenvalue weighted by molar-refractivity contribution is -0.122. The number of nitrogens with one attached hydrogen (secondary N) is 2. The number of ether oxygens (including phenoxy) is 1. The van der Waals surface area contributed by atoms with Crippen molar-refractivity contribution < 1.29 is 14.3 Å². The maximum atomic E-state index is 11.8. The maximum absolute atomic E-state index is 11.8. The monoisotopic (exact) mass is 329 g/mol. The van der Waals surface area contributed by atoms with E-state index in [-0.39, 0.29) is 17.7 Å². The van der Waals surface area contributed by atoms with Crippen LogP contribution in [0.1, 0.15) is 19.8 Å². The SMILES string of the molecule is C[C@H]1Oc2ccc(-c3csc(NC(=O)C4CC4)n3)cc2NC1=O. The zero-order valence-corrected chi connectivity index (χ0v) is 13.3. The van der Waals surface area contributed by atoms with Crippen LogP contribution in [0.5, 0.6) is 5.75 Å². The van der Waals surface area contributed by atoms with Crippen molar-refractivity contribution in [2.24, 2.45) is 5.92 Å². The fraction of sp³-hybridized carbons (Fsp3) is 0.312. The normalized spacial score (nSPS) is 19.5. The van der Waals surface area contributed by atoms with Gasteiger partial charge in [-0.1, -0.05) is 0 Å². The molecule has 1 aromatic heterocycles. The molecule has 2 amide bonds. The van der Waals surface area contributed by atoms with E-state index in [1.165, 1.54) is 11.3 Å². The average Bonchev–Trinajstić information content (AvgIpc) is 3.28. The van der Waals surface area contributed by atoms with Gasteiger partial charge in [-0.05, 0) is 38.0 Å². The fourth-order valence-corrected chi connectivity index (χ4v) is 3.11. The molecule has 6 nitrogen and oxygen atoms in total. The molecule has 0 bridgehead atoms. The summed E-state index contributed by atoms with van der Waals surface area (Å²) >= 11 is 1.39. The van der Waals surface area contributed by atoms with E-state index >= 15 is 0 Å². The molecule has 23 heavy (non-hydrogen) atoms. The molecule has 7 heteroatoms. The Labute approximate surface area is 136 Å². The van der Waals surface area contributed by atoms with Gasteiger partial charge in [0.15, 0.2) is 11.2 Å². The minimum atomic E-state index is -0.489. The van der Waals surface area contributed by atoms with Crippen molar-refractivity contribution in [3.8, 4) is 17.0 Å². The lowest BCUT2D eigenvalue weighted by Crippen LogP contribution is -2.34. The zero-order chi connectivity index (χ0) is 16.0. The second-order valence-corrected chi connectivity index (χ2v) is 6.62. The van der Waals surface area contributed by atoms with E-state index in [1.54, 1.807) is 6.92 Å². The number of hydrogen-bond donors (Lipinski definition) is 2. The summed E-state index contributed by atoms with van der Waals surface area (Å²) in [5.74, 6) is 0.690. The van der Waals surface area contributed by atoms with Crippen LogP contribution in [0.2, 0.25) is 0 Å². The first-order valence-corrected chi connectivity index (χ1v) is 8.36. The number of benzene rings is 1. The predicted octanol–water partition coefficient (Wildman–Crippen LogP) is 2.88. The Balaban J connectivity index is 1.56. The number of fused-ring (bicyclic) bond motifs is 1. The number of amides is 2. The Morgan fingerprint density at radius 1 is 1.43 bits per heavy atom. The fourth-order valence-electron chi connectivity index (χ4n) is 2.38. The molecule has 2 aromatic rings. The van der Waals surface area contributed by atoms with Gasteiger partial charge in [-0.15, -0.1) is 11.3 Å². The molecule has 118 valence electrons. The van der Waals surface area contributed by atoms with E-state index in [2.05, 4.69) is 15.6 Å². The van der Waals surface area contributed by atoms with E-state index in [1.807, 2.05) is 23.6 Å². The van der Waals surface area contributed by atoms with E-state index in [0.717, 1.165) is 24.1 Å². The van der Waals surface area contributed by atoms with Gasteiger partial charge in [0.05, 0.1) is 11.4 Å². The molecule has 0 unspecified atom stereocenters. The van der Waals surface area contributed by atoms with Gasteiger partial charge in [0.2, 0.25) is 5.91 Å². The van der Waals surface area contributed by atoms with Crippen LogP contribution >= 0.6 is 11.3 Å². The largest absolute Gasteiger partial charge is 0.479 e. The summed E-state index contributed by atoms with van der Waals surface area (Å²) in [6, 6.07) is 5.55. The standard InChI is InChI=1S/C16H15N3O3S/c1-8-14(20)17-11-6-10(4-5-13(11)22-8)12-7-23-16(18-12)19-15(21)9-2-3-9/h4-9H,2-3H2,1H3,(H,17,20)(H,18,19,21)/t8-/m1/s1. The van der Waals surface area contributed by atoms with E-state index in [4.69, 9.17) is 4.74 Å². The minimum Gasteiger partial charge on any atom is -0.479 e. The van der Waals surface area contributed by atoms with Gasteiger partial charge in [0.25, 0.3) is 5.91 Å². The summed E-state index contributed by atoms with van der Waals surface area (Å²) < 4.78 is 5.54. The molecule has 0 spiro atoms. The Kier molecular flexibility index (Phi) is 3.30. The Hall–Kier alpha value is -2.41. The predicted molar refractivity (Wildman–Crippen MR) is 87.6 cm³/mol. The number of aromatic nitrogens is 1. The highest BCUT2D eigenvalue weighted by Crippen LogP contribution is 2.35. The van der Waals surface area contributed by atoms with E-state index < -0.39 is 6.10 Å². The minimum absolute atomic E-state index is 0.0472. The van der Waals surface area contributed by atoms with Crippen LogP contribution in [0.4, 0.5) is 10.8 Å². The molecule has 1 saturated carbocycles. The van der Waals surface area contributed by atoms with Gasteiger partial charge in [0, 0.05) is 16.9 Å². The number of anilines is 2. The second-order valence-electron chi connectivity index (χ2n) is 5.76. The number of thiazole rings is 1. The van der Waals surface area contributed by atoms with Crippen molar-refractivity contribution in [2.45, 2.75) is 25.9 Å². The van der Waals surface area contributed by atoms with Crippen molar-refractivity contribution in [1.29, 1.82) is 0 Å². The Morgan fingerprint density at radius 2 is 2.26 bits per heavy atom. The third-order valence-electron chi connectivity index (χ3n) is 3.89. The third kappa shape index (κ3) is 2.79. The number of carbonyl (C=O) groups is 2. The number of rotatable bonds is 3. The van der Waals surface area contributed by atoms with Crippen LogP contribution < -0.4 is 15.4 Å². The van der Waals surface area contributed by atoms with Crippen LogP contribution in [0.25, 0.3) is 11.3 Å². The van der Waals surface area contributed by atoms with Crippen molar-refractivity contribution in [1.82, 2.24) is 4.98 Å². The van der Waals surface area contributed by atoms with Gasteiger partial charge in [-0.3, -0.25) is 9.59 Å². The molecule has 2 heterocycles. The third-order valence-corrected chi connectivity index (χ3v) is 4.65. The molecule has 0 saturated heterocycles. The lowest BCUT2D eigenvalue weighted by Gasteiger charge is -2.23. The lowest BCUT2D eigenvalue weighted by atomic mass is 10.1. The van der Waals surface area contributed by atoms with Gasteiger partial charge in [-0.25, -0.2) is 4.98 Å². The Bertz CT molecular complexity index is 798. The van der Waals surface area contributed by atoms with Crippen LogP contribution in [0.3, 0.4) is 0 Å². The topological polar surface area (TPSA) is 80.3 Å². The number of nitrogens with zero attached hydrogens (tertiary/aromatic N) is 1. The van der Waals surface area contributed by atoms with Gasteiger partial charge >= 0.3 is 0 Å². The second kappa shape index (κ2) is 5.34. The highest BCUT2D eigenvalue weighted by molar-refractivity contribution is 7.14. The number of carbonyl (C=O) groups excluding carboxylic acids is 2. The summed E-state index contributed by atoms with van der Waals surface area (Å²) in [4.78, 5) is 27.9. The smallest absolute Gasteiger partial charge is 0.265 e. The summed E-state index contributed by atoms with van der Waals surface area (Å²) in [6.07, 6.45) is 1.44. The molecule has 1 aliphatic carbocycles. The van der Waals surface area contributed by atoms with Crippen molar-refractivity contribution in [3.05, 3.63) is 23.6 Å². The quantitative estimate of drug-likeness (QED) is 0.907. The summed E-state index contributed by atoms with van der Waals surface area (Å²) in [7, 11) is 0. The van der Waals surface area contributed by atoms with Crippen molar-refractivity contribution in [3.63, 3.8) is 0 Å². The highest BCUT2D eigenvalue weighted by Gasteiger charge is 2.30. The summed E-state index contributed by atoms with van der Waals surface area (Å²) in [5.41, 5.74) is 2.27. The molecule has 1 aromatic carbocycles. The molecular weight excluding hydrogens is 314 g/mol. The Morgan fingerprint density at radius 3 is 3.04 bits per heavy atom. The molecule has 2 N–H and O–H groups in total. The summed E-state index contributed by atoms with van der Waals surface area (Å²) in [6.45, 7) is 1.71.